The second-order valence-electron chi connectivity index (χ2n) is 4.31. The molecule has 0 saturated heterocycles. The van der Waals surface area contributed by atoms with Crippen LogP contribution in [-0.2, 0) is 17.9 Å². The van der Waals surface area contributed by atoms with Gasteiger partial charge in [0.25, 0.3) is 5.88 Å². The Kier molecular flexibility index (Phi) is 5.04. The molecule has 6 nitrogen and oxygen atoms in total. The molecule has 1 aromatic heterocycles. The van der Waals surface area contributed by atoms with Gasteiger partial charge in [0, 0.05) is 12.1 Å². The molecule has 2 N–H and O–H groups in total. The van der Waals surface area contributed by atoms with Gasteiger partial charge in [0.2, 0.25) is 0 Å². The zero-order valence-electron chi connectivity index (χ0n) is 11.5. The Labute approximate surface area is 127 Å². The van der Waals surface area contributed by atoms with E-state index in [-0.39, 0.29) is 23.9 Å². The fourth-order valence-corrected chi connectivity index (χ4v) is 1.86. The van der Waals surface area contributed by atoms with Crippen molar-refractivity contribution < 1.29 is 9.47 Å². The van der Waals surface area contributed by atoms with Gasteiger partial charge < -0.3 is 15.2 Å². The van der Waals surface area contributed by atoms with Crippen LogP contribution in [0.25, 0.3) is 0 Å². The minimum Gasteiger partial charge on any atom is -0.471 e. The molecular weight excluding hydrogens is 292 g/mol. The lowest BCUT2D eigenvalue weighted by atomic mass is 10.2. The number of methoxy groups -OCH3 is 1. The predicted octanol–water partition coefficient (Wildman–Crippen LogP) is 2.22. The molecular formula is C14H15ClN4O2. The largest absolute Gasteiger partial charge is 0.471 e. The summed E-state index contributed by atoms with van der Waals surface area (Å²) in [4.78, 5) is 0. The van der Waals surface area contributed by atoms with Crippen LogP contribution in [0.3, 0.4) is 0 Å². The summed E-state index contributed by atoms with van der Waals surface area (Å²) in [5, 5.41) is 14.0. The number of nitrogen functional groups attached to an aromatic ring is 1. The van der Waals surface area contributed by atoms with E-state index in [4.69, 9.17) is 32.1 Å². The van der Waals surface area contributed by atoms with E-state index in [2.05, 4.69) is 5.10 Å². The molecule has 0 fully saturated rings. The minimum absolute atomic E-state index is 0.223. The molecule has 1 heterocycles. The van der Waals surface area contributed by atoms with Crippen LogP contribution in [0.5, 0.6) is 5.88 Å². The maximum absolute atomic E-state index is 9.16. The molecule has 0 aliphatic heterocycles. The molecule has 0 amide bonds. The van der Waals surface area contributed by atoms with E-state index >= 15 is 0 Å². The van der Waals surface area contributed by atoms with Crippen molar-refractivity contribution in [1.82, 2.24) is 9.78 Å². The maximum atomic E-state index is 9.16. The summed E-state index contributed by atoms with van der Waals surface area (Å²) < 4.78 is 12.0. The summed E-state index contributed by atoms with van der Waals surface area (Å²) in [7, 11) is 1.59. The van der Waals surface area contributed by atoms with E-state index in [9.17, 15) is 0 Å². The van der Waals surface area contributed by atoms with Crippen LogP contribution >= 0.6 is 11.6 Å². The van der Waals surface area contributed by atoms with Gasteiger partial charge in [0.1, 0.15) is 18.5 Å². The van der Waals surface area contributed by atoms with Crippen LogP contribution in [0.1, 0.15) is 11.1 Å². The molecule has 1 aromatic carbocycles. The highest BCUT2D eigenvalue weighted by Gasteiger charge is 2.16. The topological polar surface area (TPSA) is 86.1 Å². The molecule has 21 heavy (non-hydrogen) atoms. The molecule has 0 atom stereocenters. The number of halogens is 1. The Morgan fingerprint density at radius 2 is 2.10 bits per heavy atom. The average molecular weight is 307 g/mol. The predicted molar refractivity (Wildman–Crippen MR) is 79.0 cm³/mol. The first-order valence-corrected chi connectivity index (χ1v) is 6.66. The van der Waals surface area contributed by atoms with Crippen molar-refractivity contribution in [3.8, 4) is 11.9 Å². The van der Waals surface area contributed by atoms with E-state index in [1.165, 1.54) is 4.68 Å². The molecule has 0 radical (unpaired) electrons. The highest BCUT2D eigenvalue weighted by Crippen LogP contribution is 2.23. The van der Waals surface area contributed by atoms with Crippen molar-refractivity contribution in [1.29, 1.82) is 5.26 Å². The van der Waals surface area contributed by atoms with Gasteiger partial charge >= 0.3 is 0 Å². The number of nitriles is 1. The van der Waals surface area contributed by atoms with Crippen LogP contribution in [0.2, 0.25) is 5.02 Å². The number of aromatic nitrogens is 2. The first kappa shape index (κ1) is 15.2. The van der Waals surface area contributed by atoms with Crippen LogP contribution in [0.4, 0.5) is 5.82 Å². The summed E-state index contributed by atoms with van der Waals surface area (Å²) in [6.07, 6.45) is 0. The van der Waals surface area contributed by atoms with Crippen LogP contribution < -0.4 is 10.5 Å². The van der Waals surface area contributed by atoms with E-state index in [1.807, 2.05) is 18.2 Å². The second kappa shape index (κ2) is 6.97. The highest BCUT2D eigenvalue weighted by atomic mass is 35.5. The number of nitrogens with two attached hydrogens (primary N) is 1. The van der Waals surface area contributed by atoms with Gasteiger partial charge in [0.15, 0.2) is 5.56 Å². The summed E-state index contributed by atoms with van der Waals surface area (Å²) in [6, 6.07) is 9.25. The maximum Gasteiger partial charge on any atom is 0.253 e. The van der Waals surface area contributed by atoms with E-state index in [0.29, 0.717) is 18.2 Å². The third-order valence-electron chi connectivity index (χ3n) is 2.87. The number of hydrogen-bond acceptors (Lipinski definition) is 5. The summed E-state index contributed by atoms with van der Waals surface area (Å²) in [5.74, 6) is 0.502. The first-order valence-electron chi connectivity index (χ1n) is 6.28. The Morgan fingerprint density at radius 3 is 2.71 bits per heavy atom. The van der Waals surface area contributed by atoms with Crippen molar-refractivity contribution in [3.63, 3.8) is 0 Å². The lowest BCUT2D eigenvalue weighted by molar-refractivity contribution is 0.183. The number of anilines is 1. The molecule has 7 heteroatoms. The van der Waals surface area contributed by atoms with Crippen molar-refractivity contribution in [2.24, 2.45) is 0 Å². The van der Waals surface area contributed by atoms with Gasteiger partial charge in [-0.3, -0.25) is 0 Å². The van der Waals surface area contributed by atoms with Crippen LogP contribution in [-0.4, -0.2) is 23.5 Å². The first-order chi connectivity index (χ1) is 10.2. The number of ether oxygens (including phenoxy) is 2. The lowest BCUT2D eigenvalue weighted by Crippen LogP contribution is -2.09. The van der Waals surface area contributed by atoms with Crippen LogP contribution in [0.15, 0.2) is 24.3 Å². The van der Waals surface area contributed by atoms with Gasteiger partial charge in [-0.2, -0.15) is 5.26 Å². The van der Waals surface area contributed by atoms with Crippen LogP contribution in [0, 0.1) is 11.3 Å². The Balaban J connectivity index is 2.12. The number of nitrogens with zero attached hydrogens (tertiary/aromatic N) is 3. The Hall–Kier alpha value is -2.23. The quantitative estimate of drug-likeness (QED) is 0.884. The lowest BCUT2D eigenvalue weighted by Gasteiger charge is -2.03. The van der Waals surface area contributed by atoms with E-state index < -0.39 is 0 Å². The van der Waals surface area contributed by atoms with E-state index in [0.717, 1.165) is 5.56 Å². The SMILES string of the molecule is COCCn1nc(OCc2ccc(Cl)cc2)c(C#N)c1N. The fourth-order valence-electron chi connectivity index (χ4n) is 1.74. The molecule has 0 aliphatic rings. The molecule has 0 spiro atoms. The molecule has 0 saturated carbocycles. The zero-order valence-corrected chi connectivity index (χ0v) is 12.3. The monoisotopic (exact) mass is 306 g/mol. The molecule has 2 rings (SSSR count). The Bertz CT molecular complexity index is 646. The highest BCUT2D eigenvalue weighted by molar-refractivity contribution is 6.30. The molecule has 0 unspecified atom stereocenters. The molecule has 2 aromatic rings. The molecule has 110 valence electrons. The second-order valence-corrected chi connectivity index (χ2v) is 4.74. The van der Waals surface area contributed by atoms with Crippen molar-refractivity contribution in [2.75, 3.05) is 19.5 Å². The third kappa shape index (κ3) is 3.66. The van der Waals surface area contributed by atoms with Crippen molar-refractivity contribution >= 4 is 17.4 Å². The van der Waals surface area contributed by atoms with E-state index in [1.54, 1.807) is 19.2 Å². The van der Waals surface area contributed by atoms with Crippen molar-refractivity contribution in [2.45, 2.75) is 13.2 Å². The average Bonchev–Trinajstić information content (AvgIpc) is 2.80. The smallest absolute Gasteiger partial charge is 0.253 e. The van der Waals surface area contributed by atoms with Gasteiger partial charge in [-0.1, -0.05) is 23.7 Å². The zero-order chi connectivity index (χ0) is 15.2. The van der Waals surface area contributed by atoms with Gasteiger partial charge in [0.05, 0.1) is 13.2 Å². The van der Waals surface area contributed by atoms with Crippen molar-refractivity contribution in [3.05, 3.63) is 40.4 Å². The van der Waals surface area contributed by atoms with Gasteiger partial charge in [-0.05, 0) is 17.7 Å². The van der Waals surface area contributed by atoms with Gasteiger partial charge in [-0.15, -0.1) is 5.10 Å². The number of hydrogen-bond donors (Lipinski definition) is 1. The standard InChI is InChI=1S/C14H15ClN4O2/c1-20-7-6-19-13(17)12(8-16)14(18-19)21-9-10-2-4-11(15)5-3-10/h2-5H,6-7,9,17H2,1H3. The summed E-state index contributed by atoms with van der Waals surface area (Å²) in [5.41, 5.74) is 7.03. The normalized spacial score (nSPS) is 10.3. The summed E-state index contributed by atoms with van der Waals surface area (Å²) in [6.45, 7) is 1.20. The van der Waals surface area contributed by atoms with Gasteiger partial charge in [-0.25, -0.2) is 4.68 Å². The Morgan fingerprint density at radius 1 is 1.38 bits per heavy atom. The fraction of sp³-hybridized carbons (Fsp3) is 0.286. The number of rotatable bonds is 6. The number of benzene rings is 1. The molecule has 0 bridgehead atoms. The summed E-state index contributed by atoms with van der Waals surface area (Å²) >= 11 is 5.82. The third-order valence-corrected chi connectivity index (χ3v) is 3.12. The molecule has 0 aliphatic carbocycles. The minimum atomic E-state index is 0.223.